The van der Waals surface area contributed by atoms with Crippen molar-refractivity contribution in [3.63, 3.8) is 0 Å². The van der Waals surface area contributed by atoms with E-state index in [1.54, 1.807) is 6.07 Å². The molecule has 0 fully saturated rings. The van der Waals surface area contributed by atoms with Crippen LogP contribution in [0.5, 0.6) is 0 Å². The lowest BCUT2D eigenvalue weighted by molar-refractivity contribution is 0.616. The molecule has 0 radical (unpaired) electrons. The molecule has 3 heteroatoms. The van der Waals surface area contributed by atoms with Crippen molar-refractivity contribution >= 4 is 21.9 Å². The van der Waals surface area contributed by atoms with Gasteiger partial charge in [-0.15, -0.1) is 0 Å². The van der Waals surface area contributed by atoms with Gasteiger partial charge in [-0.2, -0.15) is 0 Å². The van der Waals surface area contributed by atoms with E-state index in [0.717, 1.165) is 28.6 Å². The Labute approximate surface area is 162 Å². The third kappa shape index (κ3) is 2.72. The van der Waals surface area contributed by atoms with Gasteiger partial charge in [0.25, 0.3) is 0 Å². The lowest BCUT2D eigenvalue weighted by Crippen LogP contribution is -2.01. The second-order valence-corrected chi connectivity index (χ2v) is 7.10. The Kier molecular flexibility index (Phi) is 3.87. The summed E-state index contributed by atoms with van der Waals surface area (Å²) in [5.41, 5.74) is 4.89. The van der Waals surface area contributed by atoms with Gasteiger partial charge in [-0.05, 0) is 30.2 Å². The Morgan fingerprint density at radius 1 is 0.857 bits per heavy atom. The first-order valence-corrected chi connectivity index (χ1v) is 9.36. The van der Waals surface area contributed by atoms with Crippen molar-refractivity contribution in [2.24, 2.45) is 0 Å². The molecule has 0 saturated carbocycles. The van der Waals surface area contributed by atoms with E-state index in [-0.39, 0.29) is 5.43 Å². The van der Waals surface area contributed by atoms with Crippen LogP contribution in [0.2, 0.25) is 0 Å². The van der Waals surface area contributed by atoms with Crippen LogP contribution in [0.1, 0.15) is 11.1 Å². The van der Waals surface area contributed by atoms with Gasteiger partial charge in [0.15, 0.2) is 5.43 Å². The largest absolute Gasteiger partial charge is 0.455 e. The molecule has 0 unspecified atom stereocenters. The van der Waals surface area contributed by atoms with Crippen LogP contribution in [0.25, 0.3) is 33.2 Å². The highest BCUT2D eigenvalue weighted by Crippen LogP contribution is 2.32. The molecule has 28 heavy (non-hydrogen) atoms. The van der Waals surface area contributed by atoms with Gasteiger partial charge in [0, 0.05) is 35.3 Å². The van der Waals surface area contributed by atoms with Crippen molar-refractivity contribution in [3.05, 3.63) is 106 Å². The fraction of sp³-hybridized carbons (Fsp3) is 0.0800. The topological polar surface area (TPSA) is 35.1 Å². The quantitative estimate of drug-likeness (QED) is 0.407. The maximum atomic E-state index is 12.7. The zero-order valence-corrected chi connectivity index (χ0v) is 15.6. The van der Waals surface area contributed by atoms with Crippen LogP contribution in [-0.4, -0.2) is 4.57 Å². The molecule has 0 aliphatic carbocycles. The highest BCUT2D eigenvalue weighted by atomic mass is 16.3. The molecule has 5 aromatic rings. The summed E-state index contributed by atoms with van der Waals surface area (Å²) in [7, 11) is 0. The molecule has 0 amide bonds. The number of para-hydroxylation sites is 2. The van der Waals surface area contributed by atoms with Gasteiger partial charge in [0.05, 0.1) is 5.39 Å². The van der Waals surface area contributed by atoms with Gasteiger partial charge in [0.2, 0.25) is 0 Å². The molecule has 0 aliphatic heterocycles. The minimum Gasteiger partial charge on any atom is -0.455 e. The normalized spacial score (nSPS) is 11.3. The number of aryl methyl sites for hydroxylation is 1. The van der Waals surface area contributed by atoms with Crippen molar-refractivity contribution in [1.82, 2.24) is 4.57 Å². The fourth-order valence-corrected chi connectivity index (χ4v) is 3.80. The maximum absolute atomic E-state index is 12.7. The van der Waals surface area contributed by atoms with Crippen molar-refractivity contribution in [2.45, 2.75) is 13.5 Å². The number of aromatic nitrogens is 1. The predicted molar refractivity (Wildman–Crippen MR) is 114 cm³/mol. The molecule has 0 aliphatic rings. The van der Waals surface area contributed by atoms with Crippen LogP contribution in [0.15, 0.2) is 94.3 Å². The number of hydrogen-bond acceptors (Lipinski definition) is 2. The monoisotopic (exact) mass is 365 g/mol. The van der Waals surface area contributed by atoms with Crippen LogP contribution in [0.4, 0.5) is 0 Å². The molecule has 5 rings (SSSR count). The first-order chi connectivity index (χ1) is 13.7. The zero-order chi connectivity index (χ0) is 19.1. The minimum absolute atomic E-state index is 0.0140. The number of hydrogen-bond donors (Lipinski definition) is 0. The summed E-state index contributed by atoms with van der Waals surface area (Å²) in [5, 5.41) is 1.70. The molecule has 0 N–H and O–H groups in total. The molecule has 136 valence electrons. The Balaban J connectivity index is 1.73. The summed E-state index contributed by atoms with van der Waals surface area (Å²) in [5.74, 6) is 0.606. The van der Waals surface area contributed by atoms with E-state index in [1.807, 2.05) is 55.5 Å². The number of benzene rings is 3. The molecule has 0 saturated heterocycles. The minimum atomic E-state index is -0.0140. The van der Waals surface area contributed by atoms with Crippen LogP contribution in [-0.2, 0) is 6.54 Å². The van der Waals surface area contributed by atoms with E-state index < -0.39 is 0 Å². The van der Waals surface area contributed by atoms with Gasteiger partial charge < -0.3 is 8.98 Å². The van der Waals surface area contributed by atoms with Crippen molar-refractivity contribution in [3.8, 4) is 11.3 Å². The van der Waals surface area contributed by atoms with Crippen LogP contribution < -0.4 is 5.43 Å². The molecular weight excluding hydrogens is 346 g/mol. The van der Waals surface area contributed by atoms with Crippen LogP contribution >= 0.6 is 0 Å². The Hall–Kier alpha value is -3.59. The van der Waals surface area contributed by atoms with E-state index in [4.69, 9.17) is 4.42 Å². The summed E-state index contributed by atoms with van der Waals surface area (Å²) >= 11 is 0. The van der Waals surface area contributed by atoms with Gasteiger partial charge in [-0.1, -0.05) is 60.7 Å². The van der Waals surface area contributed by atoms with E-state index in [9.17, 15) is 4.79 Å². The van der Waals surface area contributed by atoms with Crippen molar-refractivity contribution in [2.75, 3.05) is 0 Å². The number of fused-ring (bicyclic) bond motifs is 2. The molecule has 2 aromatic heterocycles. The summed E-state index contributed by atoms with van der Waals surface area (Å²) in [6.07, 6.45) is 2.08. The van der Waals surface area contributed by atoms with E-state index in [2.05, 4.69) is 35.0 Å². The Morgan fingerprint density at radius 2 is 1.61 bits per heavy atom. The summed E-state index contributed by atoms with van der Waals surface area (Å²) < 4.78 is 8.43. The zero-order valence-electron chi connectivity index (χ0n) is 15.6. The molecule has 2 heterocycles. The van der Waals surface area contributed by atoms with Crippen LogP contribution in [0.3, 0.4) is 0 Å². The maximum Gasteiger partial charge on any atom is 0.193 e. The van der Waals surface area contributed by atoms with Crippen LogP contribution in [0, 0.1) is 6.92 Å². The summed E-state index contributed by atoms with van der Waals surface area (Å²) in [6.45, 7) is 2.73. The lowest BCUT2D eigenvalue weighted by atomic mass is 10.1. The molecule has 3 nitrogen and oxygen atoms in total. The standard InChI is InChI=1S/C25H19NO2/c1-17-8-7-12-20-23(27)14-24(28-25(17)20)21-16-26(15-18-9-3-2-4-10-18)22-13-6-5-11-19(21)22/h2-14,16H,15H2,1H3. The highest BCUT2D eigenvalue weighted by Gasteiger charge is 2.15. The number of nitrogens with zero attached hydrogens (tertiary/aromatic N) is 1. The summed E-state index contributed by atoms with van der Waals surface area (Å²) in [6, 6.07) is 25.9. The molecule has 0 spiro atoms. The Morgan fingerprint density at radius 3 is 2.46 bits per heavy atom. The smallest absolute Gasteiger partial charge is 0.193 e. The molecule has 3 aromatic carbocycles. The lowest BCUT2D eigenvalue weighted by Gasteiger charge is -2.05. The van der Waals surface area contributed by atoms with E-state index in [1.165, 1.54) is 5.56 Å². The number of rotatable bonds is 3. The molecular formula is C25H19NO2. The van der Waals surface area contributed by atoms with Crippen molar-refractivity contribution in [1.29, 1.82) is 0 Å². The van der Waals surface area contributed by atoms with E-state index >= 15 is 0 Å². The average molecular weight is 365 g/mol. The average Bonchev–Trinajstić information content (AvgIpc) is 3.08. The SMILES string of the molecule is Cc1cccc2c(=O)cc(-c3cn(Cc4ccccc4)c4ccccc34)oc12. The van der Waals surface area contributed by atoms with Gasteiger partial charge >= 0.3 is 0 Å². The molecule has 0 bridgehead atoms. The van der Waals surface area contributed by atoms with Gasteiger partial charge in [-0.3, -0.25) is 4.79 Å². The first-order valence-electron chi connectivity index (χ1n) is 9.36. The van der Waals surface area contributed by atoms with Crippen molar-refractivity contribution < 1.29 is 4.42 Å². The fourth-order valence-electron chi connectivity index (χ4n) is 3.80. The third-order valence-corrected chi connectivity index (χ3v) is 5.20. The molecule has 0 atom stereocenters. The Bertz CT molecular complexity index is 1360. The van der Waals surface area contributed by atoms with E-state index in [0.29, 0.717) is 16.7 Å². The first kappa shape index (κ1) is 16.6. The van der Waals surface area contributed by atoms with Gasteiger partial charge in [0.1, 0.15) is 11.3 Å². The predicted octanol–water partition coefficient (Wildman–Crippen LogP) is 5.77. The second-order valence-electron chi connectivity index (χ2n) is 7.10. The summed E-state index contributed by atoms with van der Waals surface area (Å²) in [4.78, 5) is 12.7. The van der Waals surface area contributed by atoms with Gasteiger partial charge in [-0.25, -0.2) is 0 Å². The third-order valence-electron chi connectivity index (χ3n) is 5.20. The highest BCUT2D eigenvalue weighted by molar-refractivity contribution is 5.95. The second kappa shape index (κ2) is 6.54.